The fraction of sp³-hybridized carbons (Fsp3) is 0.333. The zero-order valence-corrected chi connectivity index (χ0v) is 16.7. The average Bonchev–Trinajstić information content (AvgIpc) is 2.71. The number of ether oxygens (including phenoxy) is 2. The molecule has 0 N–H and O–H groups in total. The van der Waals surface area contributed by atoms with Crippen molar-refractivity contribution >= 4 is 22.7 Å². The summed E-state index contributed by atoms with van der Waals surface area (Å²) >= 11 is 1.55. The number of fused-ring (bicyclic) bond motifs is 1. The first-order chi connectivity index (χ1) is 13.1. The van der Waals surface area contributed by atoms with E-state index in [2.05, 4.69) is 13.8 Å². The molecule has 0 fully saturated rings. The van der Waals surface area contributed by atoms with Crippen LogP contribution in [0.3, 0.4) is 0 Å². The Hall–Kier alpha value is -2.47. The fourth-order valence-corrected chi connectivity index (χ4v) is 3.68. The summed E-state index contributed by atoms with van der Waals surface area (Å²) in [5.41, 5.74) is 0.758. The predicted octanol–water partition coefficient (Wildman–Crippen LogP) is 4.55. The zero-order valence-electron chi connectivity index (χ0n) is 15.8. The zero-order chi connectivity index (χ0) is 19.2. The molecule has 1 heterocycles. The van der Waals surface area contributed by atoms with Crippen molar-refractivity contribution in [3.63, 3.8) is 0 Å². The standard InChI is InChI=1S/C21H24N2O3S/c1-4-15(2)23-20(24)18-7-5-6-8-19(18)22-21(23)27-14-13-26-17-11-9-16(25-3)10-12-17/h5-12,15H,4,13-14H2,1-3H3/t15-/m0/s1. The molecule has 0 bridgehead atoms. The minimum Gasteiger partial charge on any atom is -0.497 e. The van der Waals surface area contributed by atoms with Crippen LogP contribution in [0, 0.1) is 0 Å². The van der Waals surface area contributed by atoms with Crippen molar-refractivity contribution in [1.82, 2.24) is 9.55 Å². The molecule has 0 aliphatic heterocycles. The Balaban J connectivity index is 1.74. The van der Waals surface area contributed by atoms with Gasteiger partial charge in [-0.25, -0.2) is 4.98 Å². The maximum atomic E-state index is 12.9. The maximum absolute atomic E-state index is 12.9. The molecule has 6 heteroatoms. The summed E-state index contributed by atoms with van der Waals surface area (Å²) in [6.07, 6.45) is 0.871. The van der Waals surface area contributed by atoms with Crippen molar-refractivity contribution in [3.8, 4) is 11.5 Å². The fourth-order valence-electron chi connectivity index (χ4n) is 2.76. The van der Waals surface area contributed by atoms with E-state index < -0.39 is 0 Å². The van der Waals surface area contributed by atoms with Crippen molar-refractivity contribution in [3.05, 3.63) is 58.9 Å². The first kappa shape index (κ1) is 19.3. The Morgan fingerprint density at radius 1 is 1.11 bits per heavy atom. The van der Waals surface area contributed by atoms with E-state index in [1.54, 1.807) is 23.4 Å². The molecule has 3 aromatic rings. The minimum absolute atomic E-state index is 0.0218. The summed E-state index contributed by atoms with van der Waals surface area (Å²) in [5, 5.41) is 1.41. The van der Waals surface area contributed by atoms with Crippen LogP contribution in [0.2, 0.25) is 0 Å². The first-order valence-electron chi connectivity index (χ1n) is 9.05. The highest BCUT2D eigenvalue weighted by molar-refractivity contribution is 7.99. The summed E-state index contributed by atoms with van der Waals surface area (Å²) < 4.78 is 12.7. The number of thioether (sulfide) groups is 1. The van der Waals surface area contributed by atoms with Crippen LogP contribution in [0.4, 0.5) is 0 Å². The van der Waals surface area contributed by atoms with Crippen LogP contribution >= 0.6 is 11.8 Å². The van der Waals surface area contributed by atoms with E-state index in [1.807, 2.05) is 48.5 Å². The predicted molar refractivity (Wildman–Crippen MR) is 110 cm³/mol. The smallest absolute Gasteiger partial charge is 0.262 e. The van der Waals surface area contributed by atoms with E-state index in [9.17, 15) is 4.79 Å². The first-order valence-corrected chi connectivity index (χ1v) is 10.0. The molecule has 3 rings (SSSR count). The number of aromatic nitrogens is 2. The van der Waals surface area contributed by atoms with Gasteiger partial charge in [-0.15, -0.1) is 0 Å². The van der Waals surface area contributed by atoms with Crippen LogP contribution < -0.4 is 15.0 Å². The van der Waals surface area contributed by atoms with Gasteiger partial charge in [0.1, 0.15) is 11.5 Å². The van der Waals surface area contributed by atoms with E-state index in [-0.39, 0.29) is 11.6 Å². The Labute approximate surface area is 163 Å². The molecule has 1 atom stereocenters. The lowest BCUT2D eigenvalue weighted by atomic mass is 10.2. The summed E-state index contributed by atoms with van der Waals surface area (Å²) in [7, 11) is 1.64. The highest BCUT2D eigenvalue weighted by atomic mass is 32.2. The highest BCUT2D eigenvalue weighted by Gasteiger charge is 2.15. The summed E-state index contributed by atoms with van der Waals surface area (Å²) in [5.74, 6) is 2.30. The molecular weight excluding hydrogens is 360 g/mol. The van der Waals surface area contributed by atoms with Crippen LogP contribution in [0.15, 0.2) is 58.5 Å². The number of benzene rings is 2. The maximum Gasteiger partial charge on any atom is 0.262 e. The van der Waals surface area contributed by atoms with Crippen molar-refractivity contribution in [2.24, 2.45) is 0 Å². The van der Waals surface area contributed by atoms with E-state index >= 15 is 0 Å². The monoisotopic (exact) mass is 384 g/mol. The number of hydrogen-bond acceptors (Lipinski definition) is 5. The second kappa shape index (κ2) is 8.95. The molecule has 0 saturated carbocycles. The second-order valence-electron chi connectivity index (χ2n) is 6.22. The molecular formula is C21H24N2O3S. The van der Waals surface area contributed by atoms with E-state index in [1.165, 1.54) is 0 Å². The number of para-hydroxylation sites is 1. The van der Waals surface area contributed by atoms with Gasteiger partial charge in [0.2, 0.25) is 0 Å². The minimum atomic E-state index is 0.0218. The largest absolute Gasteiger partial charge is 0.497 e. The molecule has 0 saturated heterocycles. The molecule has 0 aliphatic rings. The lowest BCUT2D eigenvalue weighted by Gasteiger charge is -2.18. The molecule has 0 unspecified atom stereocenters. The molecule has 0 amide bonds. The van der Waals surface area contributed by atoms with Gasteiger partial charge < -0.3 is 9.47 Å². The third-order valence-electron chi connectivity index (χ3n) is 4.45. The summed E-state index contributed by atoms with van der Waals surface area (Å²) in [6.45, 7) is 4.66. The van der Waals surface area contributed by atoms with Gasteiger partial charge in [-0.2, -0.15) is 0 Å². The molecule has 5 nitrogen and oxygen atoms in total. The molecule has 142 valence electrons. The van der Waals surface area contributed by atoms with Gasteiger partial charge in [0, 0.05) is 11.8 Å². The third kappa shape index (κ3) is 4.45. The van der Waals surface area contributed by atoms with Crippen LogP contribution in [0.1, 0.15) is 26.3 Å². The molecule has 1 aromatic heterocycles. The third-order valence-corrected chi connectivity index (χ3v) is 5.37. The Morgan fingerprint density at radius 3 is 2.52 bits per heavy atom. The van der Waals surface area contributed by atoms with Gasteiger partial charge in [-0.1, -0.05) is 30.8 Å². The lowest BCUT2D eigenvalue weighted by Crippen LogP contribution is -2.26. The lowest BCUT2D eigenvalue weighted by molar-refractivity contribution is 0.342. The van der Waals surface area contributed by atoms with Gasteiger partial charge >= 0.3 is 0 Å². The van der Waals surface area contributed by atoms with Gasteiger partial charge in [0.05, 0.1) is 24.6 Å². The number of methoxy groups -OCH3 is 1. The summed E-state index contributed by atoms with van der Waals surface area (Å²) in [4.78, 5) is 17.7. The molecule has 27 heavy (non-hydrogen) atoms. The van der Waals surface area contributed by atoms with Gasteiger partial charge in [0.25, 0.3) is 5.56 Å². The number of rotatable bonds is 8. The van der Waals surface area contributed by atoms with Gasteiger partial charge in [-0.3, -0.25) is 9.36 Å². The molecule has 0 spiro atoms. The van der Waals surface area contributed by atoms with Crippen LogP contribution in [-0.4, -0.2) is 29.0 Å². The van der Waals surface area contributed by atoms with Gasteiger partial charge in [0.15, 0.2) is 5.16 Å². The second-order valence-corrected chi connectivity index (χ2v) is 7.28. The topological polar surface area (TPSA) is 53.4 Å². The van der Waals surface area contributed by atoms with E-state index in [0.29, 0.717) is 17.7 Å². The van der Waals surface area contributed by atoms with Crippen molar-refractivity contribution in [2.45, 2.75) is 31.5 Å². The van der Waals surface area contributed by atoms with Crippen molar-refractivity contribution < 1.29 is 9.47 Å². The van der Waals surface area contributed by atoms with Gasteiger partial charge in [-0.05, 0) is 49.7 Å². The Kier molecular flexibility index (Phi) is 6.40. The Bertz CT molecular complexity index is 954. The van der Waals surface area contributed by atoms with E-state index in [0.717, 1.165) is 28.6 Å². The normalized spacial score (nSPS) is 12.1. The SMILES string of the molecule is CC[C@H](C)n1c(SCCOc2ccc(OC)cc2)nc2ccccc2c1=O. The van der Waals surface area contributed by atoms with E-state index in [4.69, 9.17) is 14.5 Å². The summed E-state index contributed by atoms with van der Waals surface area (Å²) in [6, 6.07) is 15.1. The highest BCUT2D eigenvalue weighted by Crippen LogP contribution is 2.23. The molecule has 0 aliphatic carbocycles. The molecule has 2 aromatic carbocycles. The van der Waals surface area contributed by atoms with Crippen LogP contribution in [0.25, 0.3) is 10.9 Å². The Morgan fingerprint density at radius 2 is 1.81 bits per heavy atom. The average molecular weight is 385 g/mol. The molecule has 0 radical (unpaired) electrons. The quantitative estimate of drug-likeness (QED) is 0.324. The number of nitrogens with zero attached hydrogens (tertiary/aromatic N) is 2. The van der Waals surface area contributed by atoms with Crippen molar-refractivity contribution in [2.75, 3.05) is 19.5 Å². The van der Waals surface area contributed by atoms with Crippen LogP contribution in [-0.2, 0) is 0 Å². The van der Waals surface area contributed by atoms with Crippen LogP contribution in [0.5, 0.6) is 11.5 Å². The van der Waals surface area contributed by atoms with Crippen molar-refractivity contribution in [1.29, 1.82) is 0 Å². The number of hydrogen-bond donors (Lipinski definition) is 0.